The van der Waals surface area contributed by atoms with E-state index < -0.39 is 5.97 Å². The molecule has 5 heteroatoms. The lowest BCUT2D eigenvalue weighted by molar-refractivity contribution is 0.0697. The summed E-state index contributed by atoms with van der Waals surface area (Å²) in [4.78, 5) is 28.4. The molecule has 20 heavy (non-hydrogen) atoms. The lowest BCUT2D eigenvalue weighted by Crippen LogP contribution is -2.21. The second kappa shape index (κ2) is 5.52. The van der Waals surface area contributed by atoms with Gasteiger partial charge in [-0.3, -0.25) is 9.78 Å². The summed E-state index contributed by atoms with van der Waals surface area (Å²) >= 11 is 0. The molecule has 0 saturated carbocycles. The Morgan fingerprint density at radius 1 is 1.10 bits per heavy atom. The molecule has 102 valence electrons. The molecule has 0 aliphatic rings. The van der Waals surface area contributed by atoms with E-state index in [0.717, 1.165) is 0 Å². The van der Waals surface area contributed by atoms with Crippen molar-refractivity contribution in [2.24, 2.45) is 0 Å². The summed E-state index contributed by atoms with van der Waals surface area (Å²) in [5, 5.41) is 9.15. The van der Waals surface area contributed by atoms with Crippen molar-refractivity contribution in [3.8, 4) is 11.1 Å². The molecule has 0 saturated heterocycles. The van der Waals surface area contributed by atoms with E-state index in [1.807, 2.05) is 0 Å². The Morgan fingerprint density at radius 2 is 1.75 bits per heavy atom. The maximum Gasteiger partial charge on any atom is 0.336 e. The van der Waals surface area contributed by atoms with E-state index in [9.17, 15) is 9.59 Å². The highest BCUT2D eigenvalue weighted by Crippen LogP contribution is 2.23. The van der Waals surface area contributed by atoms with Crippen LogP contribution in [0.15, 0.2) is 42.7 Å². The normalized spacial score (nSPS) is 10.1. The van der Waals surface area contributed by atoms with E-state index in [1.54, 1.807) is 38.4 Å². The molecular weight excluding hydrogens is 256 g/mol. The van der Waals surface area contributed by atoms with Gasteiger partial charge in [0.05, 0.1) is 5.56 Å². The summed E-state index contributed by atoms with van der Waals surface area (Å²) in [6, 6.07) is 8.25. The third-order valence-electron chi connectivity index (χ3n) is 2.90. The number of benzene rings is 1. The third-order valence-corrected chi connectivity index (χ3v) is 2.90. The van der Waals surface area contributed by atoms with E-state index in [-0.39, 0.29) is 11.5 Å². The Morgan fingerprint density at radius 3 is 2.30 bits per heavy atom. The van der Waals surface area contributed by atoms with Gasteiger partial charge in [-0.15, -0.1) is 0 Å². The number of nitrogens with zero attached hydrogens (tertiary/aromatic N) is 2. The van der Waals surface area contributed by atoms with Gasteiger partial charge >= 0.3 is 5.97 Å². The number of hydrogen-bond donors (Lipinski definition) is 1. The van der Waals surface area contributed by atoms with Crippen LogP contribution in [0.1, 0.15) is 20.7 Å². The molecule has 2 rings (SSSR count). The van der Waals surface area contributed by atoms with Crippen LogP contribution in [0, 0.1) is 0 Å². The fraction of sp³-hybridized carbons (Fsp3) is 0.133. The largest absolute Gasteiger partial charge is 0.478 e. The van der Waals surface area contributed by atoms with Gasteiger partial charge in [0.1, 0.15) is 0 Å². The second-order valence-electron chi connectivity index (χ2n) is 4.50. The topological polar surface area (TPSA) is 70.5 Å². The smallest absolute Gasteiger partial charge is 0.336 e. The van der Waals surface area contributed by atoms with Crippen molar-refractivity contribution < 1.29 is 14.7 Å². The first-order chi connectivity index (χ1) is 9.50. The van der Waals surface area contributed by atoms with Gasteiger partial charge in [0.15, 0.2) is 0 Å². The van der Waals surface area contributed by atoms with E-state index >= 15 is 0 Å². The van der Waals surface area contributed by atoms with Gasteiger partial charge in [-0.25, -0.2) is 4.79 Å². The molecule has 5 nitrogen and oxygen atoms in total. The number of hydrogen-bond acceptors (Lipinski definition) is 3. The SMILES string of the molecule is CN(C)C(=O)c1ccc(-c2cnccc2C(=O)O)cc1. The average molecular weight is 270 g/mol. The number of aromatic carboxylic acids is 1. The van der Waals surface area contributed by atoms with Gasteiger partial charge in [0, 0.05) is 37.6 Å². The summed E-state index contributed by atoms with van der Waals surface area (Å²) in [5.74, 6) is -1.10. The Kier molecular flexibility index (Phi) is 3.79. The second-order valence-corrected chi connectivity index (χ2v) is 4.50. The van der Waals surface area contributed by atoms with E-state index in [0.29, 0.717) is 16.7 Å². The van der Waals surface area contributed by atoms with Gasteiger partial charge in [0.2, 0.25) is 0 Å². The van der Waals surface area contributed by atoms with E-state index in [2.05, 4.69) is 4.98 Å². The number of carbonyl (C=O) groups excluding carboxylic acids is 1. The number of rotatable bonds is 3. The number of carboxylic acids is 1. The first kappa shape index (κ1) is 13.7. The minimum atomic E-state index is -1.00. The van der Waals surface area contributed by atoms with Crippen LogP contribution in [-0.4, -0.2) is 41.0 Å². The van der Waals surface area contributed by atoms with Crippen LogP contribution in [0.3, 0.4) is 0 Å². The van der Waals surface area contributed by atoms with Crippen LogP contribution in [-0.2, 0) is 0 Å². The monoisotopic (exact) mass is 270 g/mol. The minimum Gasteiger partial charge on any atom is -0.478 e. The predicted molar refractivity (Wildman–Crippen MR) is 74.6 cm³/mol. The first-order valence-corrected chi connectivity index (χ1v) is 6.00. The molecule has 0 aliphatic heterocycles. The molecule has 1 aromatic carbocycles. The molecule has 1 amide bonds. The van der Waals surface area contributed by atoms with Crippen LogP contribution < -0.4 is 0 Å². The van der Waals surface area contributed by atoms with Gasteiger partial charge in [-0.1, -0.05) is 12.1 Å². The maximum atomic E-state index is 11.8. The molecule has 0 atom stereocenters. The number of amides is 1. The highest BCUT2D eigenvalue weighted by atomic mass is 16.4. The standard InChI is InChI=1S/C15H14N2O3/c1-17(2)14(18)11-5-3-10(4-6-11)13-9-16-8-7-12(13)15(19)20/h3-9H,1-2H3,(H,19,20). The number of pyridine rings is 1. The average Bonchev–Trinajstić information content (AvgIpc) is 2.46. The molecule has 0 spiro atoms. The minimum absolute atomic E-state index is 0.0961. The maximum absolute atomic E-state index is 11.8. The van der Waals surface area contributed by atoms with Crippen molar-refractivity contribution in [1.82, 2.24) is 9.88 Å². The van der Waals surface area contributed by atoms with Crippen molar-refractivity contribution >= 4 is 11.9 Å². The van der Waals surface area contributed by atoms with E-state index in [1.165, 1.54) is 23.4 Å². The van der Waals surface area contributed by atoms with Gasteiger partial charge in [-0.05, 0) is 23.8 Å². The Bertz CT molecular complexity index is 648. The van der Waals surface area contributed by atoms with Gasteiger partial charge < -0.3 is 10.0 Å². The molecule has 1 heterocycles. The Hall–Kier alpha value is -2.69. The highest BCUT2D eigenvalue weighted by Gasteiger charge is 2.12. The lowest BCUT2D eigenvalue weighted by atomic mass is 10.0. The van der Waals surface area contributed by atoms with Crippen LogP contribution >= 0.6 is 0 Å². The molecule has 0 fully saturated rings. The van der Waals surface area contributed by atoms with Crippen LogP contribution in [0.25, 0.3) is 11.1 Å². The van der Waals surface area contributed by atoms with Crippen molar-refractivity contribution in [3.05, 3.63) is 53.9 Å². The van der Waals surface area contributed by atoms with E-state index in [4.69, 9.17) is 5.11 Å². The molecule has 1 aromatic heterocycles. The predicted octanol–water partition coefficient (Wildman–Crippen LogP) is 2.15. The summed E-state index contributed by atoms with van der Waals surface area (Å²) < 4.78 is 0. The molecule has 0 bridgehead atoms. The van der Waals surface area contributed by atoms with Crippen molar-refractivity contribution in [2.75, 3.05) is 14.1 Å². The number of aromatic nitrogens is 1. The zero-order valence-electron chi connectivity index (χ0n) is 11.2. The Balaban J connectivity index is 2.41. The Labute approximate surface area is 116 Å². The van der Waals surface area contributed by atoms with Crippen LogP contribution in [0.4, 0.5) is 0 Å². The molecular formula is C15H14N2O3. The summed E-state index contributed by atoms with van der Waals surface area (Å²) in [7, 11) is 3.36. The fourth-order valence-electron chi connectivity index (χ4n) is 1.86. The molecule has 0 unspecified atom stereocenters. The molecule has 0 aliphatic carbocycles. The van der Waals surface area contributed by atoms with Gasteiger partial charge in [-0.2, -0.15) is 0 Å². The lowest BCUT2D eigenvalue weighted by Gasteiger charge is -2.11. The number of carbonyl (C=O) groups is 2. The van der Waals surface area contributed by atoms with Crippen LogP contribution in [0.5, 0.6) is 0 Å². The first-order valence-electron chi connectivity index (χ1n) is 6.00. The molecule has 0 radical (unpaired) electrons. The highest BCUT2D eigenvalue weighted by molar-refractivity contribution is 5.97. The quantitative estimate of drug-likeness (QED) is 0.927. The van der Waals surface area contributed by atoms with Crippen molar-refractivity contribution in [2.45, 2.75) is 0 Å². The zero-order valence-corrected chi connectivity index (χ0v) is 11.2. The van der Waals surface area contributed by atoms with Gasteiger partial charge in [0.25, 0.3) is 5.91 Å². The molecule has 1 N–H and O–H groups in total. The van der Waals surface area contributed by atoms with Crippen LogP contribution in [0.2, 0.25) is 0 Å². The summed E-state index contributed by atoms with van der Waals surface area (Å²) in [6.45, 7) is 0. The van der Waals surface area contributed by atoms with Crippen molar-refractivity contribution in [1.29, 1.82) is 0 Å². The molecule has 2 aromatic rings. The zero-order chi connectivity index (χ0) is 14.7. The third kappa shape index (κ3) is 2.66. The number of carboxylic acid groups (broad SMARTS) is 1. The summed E-state index contributed by atoms with van der Waals surface area (Å²) in [5.41, 5.74) is 1.99. The summed E-state index contributed by atoms with van der Waals surface area (Å²) in [6.07, 6.45) is 2.95. The van der Waals surface area contributed by atoms with Crippen molar-refractivity contribution in [3.63, 3.8) is 0 Å². The fourth-order valence-corrected chi connectivity index (χ4v) is 1.86.